The summed E-state index contributed by atoms with van der Waals surface area (Å²) in [5, 5.41) is 3.38. The number of benzene rings is 2. The maximum absolute atomic E-state index is 5.49. The summed E-state index contributed by atoms with van der Waals surface area (Å²) in [6.45, 7) is 0. The van der Waals surface area contributed by atoms with E-state index in [-0.39, 0.29) is 0 Å². The Morgan fingerprint density at radius 3 is 2.62 bits per heavy atom. The first kappa shape index (κ1) is 14.0. The van der Waals surface area contributed by atoms with Crippen molar-refractivity contribution in [1.29, 1.82) is 0 Å². The molecule has 2 aromatic carbocycles. The van der Waals surface area contributed by atoms with Gasteiger partial charge in [-0.1, -0.05) is 18.2 Å². The van der Waals surface area contributed by atoms with Crippen LogP contribution in [0.4, 0.5) is 0 Å². The van der Waals surface area contributed by atoms with Gasteiger partial charge < -0.3 is 14.8 Å². The van der Waals surface area contributed by atoms with Gasteiger partial charge in [-0.25, -0.2) is 0 Å². The molecule has 1 atom stereocenters. The highest BCUT2D eigenvalue weighted by molar-refractivity contribution is 5.73. The molecule has 3 rings (SSSR count). The molecule has 21 heavy (non-hydrogen) atoms. The molecule has 1 unspecified atom stereocenters. The number of aryl methyl sites for hydroxylation is 1. The number of ether oxygens (including phenoxy) is 2. The SMILES string of the molecule is CNC1CCc2cc(-c3cc(OC)ccc3OC)ccc21. The molecule has 0 radical (unpaired) electrons. The van der Waals surface area contributed by atoms with Gasteiger partial charge in [0.05, 0.1) is 14.2 Å². The lowest BCUT2D eigenvalue weighted by Crippen LogP contribution is -2.12. The second-order valence-corrected chi connectivity index (χ2v) is 5.36. The Morgan fingerprint density at radius 2 is 1.90 bits per heavy atom. The molecule has 0 spiro atoms. The fraction of sp³-hybridized carbons (Fsp3) is 0.333. The van der Waals surface area contributed by atoms with Gasteiger partial charge in [-0.15, -0.1) is 0 Å². The van der Waals surface area contributed by atoms with Crippen molar-refractivity contribution < 1.29 is 9.47 Å². The molecule has 0 saturated carbocycles. The van der Waals surface area contributed by atoms with Gasteiger partial charge in [0.15, 0.2) is 0 Å². The molecule has 1 N–H and O–H groups in total. The number of nitrogens with one attached hydrogen (secondary N) is 1. The number of hydrogen-bond donors (Lipinski definition) is 1. The van der Waals surface area contributed by atoms with Gasteiger partial charge >= 0.3 is 0 Å². The largest absolute Gasteiger partial charge is 0.497 e. The second-order valence-electron chi connectivity index (χ2n) is 5.36. The summed E-state index contributed by atoms with van der Waals surface area (Å²) in [6.07, 6.45) is 2.30. The molecule has 0 saturated heterocycles. The van der Waals surface area contributed by atoms with E-state index in [0.717, 1.165) is 23.5 Å². The molecule has 0 bridgehead atoms. The van der Waals surface area contributed by atoms with Crippen molar-refractivity contribution in [3.63, 3.8) is 0 Å². The predicted molar refractivity (Wildman–Crippen MR) is 85.1 cm³/mol. The summed E-state index contributed by atoms with van der Waals surface area (Å²) in [6, 6.07) is 13.1. The molecule has 3 heteroatoms. The first-order valence-corrected chi connectivity index (χ1v) is 7.29. The number of rotatable bonds is 4. The van der Waals surface area contributed by atoms with Crippen LogP contribution in [-0.4, -0.2) is 21.3 Å². The molecule has 0 heterocycles. The van der Waals surface area contributed by atoms with Gasteiger partial charge in [-0.05, 0) is 54.8 Å². The zero-order valence-electron chi connectivity index (χ0n) is 12.8. The van der Waals surface area contributed by atoms with Crippen molar-refractivity contribution in [2.24, 2.45) is 0 Å². The van der Waals surface area contributed by atoms with Crippen molar-refractivity contribution in [2.75, 3.05) is 21.3 Å². The van der Waals surface area contributed by atoms with E-state index in [1.165, 1.54) is 23.1 Å². The third-order valence-corrected chi connectivity index (χ3v) is 4.29. The van der Waals surface area contributed by atoms with Crippen LogP contribution in [0, 0.1) is 0 Å². The summed E-state index contributed by atoms with van der Waals surface area (Å²) in [5.41, 5.74) is 5.11. The van der Waals surface area contributed by atoms with Crippen molar-refractivity contribution >= 4 is 0 Å². The molecule has 3 nitrogen and oxygen atoms in total. The minimum atomic E-state index is 0.487. The highest BCUT2D eigenvalue weighted by atomic mass is 16.5. The summed E-state index contributed by atoms with van der Waals surface area (Å²) >= 11 is 0. The van der Waals surface area contributed by atoms with Gasteiger partial charge in [-0.2, -0.15) is 0 Å². The Morgan fingerprint density at radius 1 is 1.05 bits per heavy atom. The van der Waals surface area contributed by atoms with Crippen LogP contribution >= 0.6 is 0 Å². The molecule has 1 aliphatic rings. The zero-order chi connectivity index (χ0) is 14.8. The van der Waals surface area contributed by atoms with E-state index in [1.54, 1.807) is 14.2 Å². The number of methoxy groups -OCH3 is 2. The van der Waals surface area contributed by atoms with E-state index in [0.29, 0.717) is 6.04 Å². The third-order valence-electron chi connectivity index (χ3n) is 4.29. The Labute approximate surface area is 125 Å². The van der Waals surface area contributed by atoms with Crippen LogP contribution in [0.25, 0.3) is 11.1 Å². The molecular weight excluding hydrogens is 262 g/mol. The van der Waals surface area contributed by atoms with Gasteiger partial charge in [0.25, 0.3) is 0 Å². The maximum Gasteiger partial charge on any atom is 0.126 e. The van der Waals surface area contributed by atoms with E-state index < -0.39 is 0 Å². The molecular formula is C18H21NO2. The highest BCUT2D eigenvalue weighted by Crippen LogP contribution is 2.38. The second kappa shape index (κ2) is 5.78. The molecule has 2 aromatic rings. The summed E-state index contributed by atoms with van der Waals surface area (Å²) in [4.78, 5) is 0. The lowest BCUT2D eigenvalue weighted by Gasteiger charge is -2.13. The van der Waals surface area contributed by atoms with E-state index in [4.69, 9.17) is 9.47 Å². The smallest absolute Gasteiger partial charge is 0.126 e. The molecule has 0 fully saturated rings. The van der Waals surface area contributed by atoms with Crippen LogP contribution in [0.1, 0.15) is 23.6 Å². The van der Waals surface area contributed by atoms with Crippen LogP contribution in [0.3, 0.4) is 0 Å². The van der Waals surface area contributed by atoms with Crippen LogP contribution in [0.5, 0.6) is 11.5 Å². The fourth-order valence-corrected chi connectivity index (χ4v) is 3.12. The van der Waals surface area contributed by atoms with Gasteiger partial charge in [-0.3, -0.25) is 0 Å². The highest BCUT2D eigenvalue weighted by Gasteiger charge is 2.21. The van der Waals surface area contributed by atoms with Crippen molar-refractivity contribution in [3.05, 3.63) is 47.5 Å². The average Bonchev–Trinajstić information content (AvgIpc) is 2.96. The molecule has 110 valence electrons. The Balaban J connectivity index is 2.05. The first-order chi connectivity index (χ1) is 10.3. The molecule has 0 aromatic heterocycles. The topological polar surface area (TPSA) is 30.5 Å². The van der Waals surface area contributed by atoms with E-state index >= 15 is 0 Å². The van der Waals surface area contributed by atoms with E-state index in [1.807, 2.05) is 25.2 Å². The number of fused-ring (bicyclic) bond motifs is 1. The fourth-order valence-electron chi connectivity index (χ4n) is 3.12. The van der Waals surface area contributed by atoms with Crippen LogP contribution < -0.4 is 14.8 Å². The number of hydrogen-bond acceptors (Lipinski definition) is 3. The van der Waals surface area contributed by atoms with Crippen molar-refractivity contribution in [1.82, 2.24) is 5.32 Å². The lowest BCUT2D eigenvalue weighted by molar-refractivity contribution is 0.404. The maximum atomic E-state index is 5.49. The van der Waals surface area contributed by atoms with E-state index in [2.05, 4.69) is 23.5 Å². The minimum absolute atomic E-state index is 0.487. The van der Waals surface area contributed by atoms with Crippen LogP contribution in [0.15, 0.2) is 36.4 Å². The first-order valence-electron chi connectivity index (χ1n) is 7.29. The van der Waals surface area contributed by atoms with Crippen LogP contribution in [0.2, 0.25) is 0 Å². The summed E-state index contributed by atoms with van der Waals surface area (Å²) in [5.74, 6) is 1.72. The predicted octanol–water partition coefficient (Wildman–Crippen LogP) is 3.58. The zero-order valence-corrected chi connectivity index (χ0v) is 12.8. The van der Waals surface area contributed by atoms with Gasteiger partial charge in [0, 0.05) is 11.6 Å². The standard InChI is InChI=1S/C18H21NO2/c1-19-17-8-5-12-10-13(4-7-15(12)17)16-11-14(20-2)6-9-18(16)21-3/h4,6-7,9-11,17,19H,5,8H2,1-3H3. The molecule has 0 aliphatic heterocycles. The molecule has 0 amide bonds. The Hall–Kier alpha value is -2.00. The van der Waals surface area contributed by atoms with Gasteiger partial charge in [0.1, 0.15) is 11.5 Å². The van der Waals surface area contributed by atoms with Gasteiger partial charge in [0.2, 0.25) is 0 Å². The summed E-state index contributed by atoms with van der Waals surface area (Å²) in [7, 11) is 5.42. The summed E-state index contributed by atoms with van der Waals surface area (Å²) < 4.78 is 10.8. The lowest BCUT2D eigenvalue weighted by atomic mass is 9.99. The normalized spacial score (nSPS) is 16.6. The third kappa shape index (κ3) is 2.49. The monoisotopic (exact) mass is 283 g/mol. The van der Waals surface area contributed by atoms with E-state index in [9.17, 15) is 0 Å². The Bertz CT molecular complexity index is 652. The van der Waals surface area contributed by atoms with Crippen molar-refractivity contribution in [3.8, 4) is 22.6 Å². The Kier molecular flexibility index (Phi) is 3.84. The van der Waals surface area contributed by atoms with Crippen molar-refractivity contribution in [2.45, 2.75) is 18.9 Å². The molecule has 1 aliphatic carbocycles. The average molecular weight is 283 g/mol. The quantitative estimate of drug-likeness (QED) is 0.930. The minimum Gasteiger partial charge on any atom is -0.497 e. The van der Waals surface area contributed by atoms with Crippen LogP contribution in [-0.2, 0) is 6.42 Å².